The molecule has 0 aromatic carbocycles. The SMILES string of the molecule is Cc1cc(C)n(Cc2sc3c(c2C(=O)N2CC(O)CO2)c(=O)n(C)c(=O)n3CC(C)C)n1. The van der Waals surface area contributed by atoms with E-state index in [0.717, 1.165) is 21.0 Å². The maximum atomic E-state index is 13.5. The van der Waals surface area contributed by atoms with Crippen LogP contribution in [0.2, 0.25) is 0 Å². The Morgan fingerprint density at radius 3 is 2.62 bits per heavy atom. The van der Waals surface area contributed by atoms with Crippen LogP contribution in [-0.2, 0) is 25.0 Å². The molecule has 1 unspecified atom stereocenters. The molecular formula is C21H27N5O5S. The molecule has 4 heterocycles. The van der Waals surface area contributed by atoms with E-state index < -0.39 is 23.3 Å². The van der Waals surface area contributed by atoms with Gasteiger partial charge in [0, 0.05) is 24.2 Å². The number of β-amino-alcohol motifs (C(OH)–C–C–N with tert-alkyl or cyclic N) is 1. The number of rotatable bonds is 5. The number of aromatic nitrogens is 4. The number of aliphatic hydroxyl groups excluding tert-OH is 1. The molecule has 172 valence electrons. The van der Waals surface area contributed by atoms with Gasteiger partial charge in [0.2, 0.25) is 0 Å². The lowest BCUT2D eigenvalue weighted by Crippen LogP contribution is -2.39. The Bertz CT molecular complexity index is 1310. The zero-order valence-electron chi connectivity index (χ0n) is 18.8. The fourth-order valence-corrected chi connectivity index (χ4v) is 5.22. The number of aryl methyl sites for hydroxylation is 2. The van der Waals surface area contributed by atoms with Crippen LogP contribution in [0.25, 0.3) is 10.2 Å². The molecule has 1 fully saturated rings. The summed E-state index contributed by atoms with van der Waals surface area (Å²) < 4.78 is 4.38. The first-order valence-electron chi connectivity index (χ1n) is 10.5. The zero-order chi connectivity index (χ0) is 23.3. The van der Waals surface area contributed by atoms with E-state index in [1.807, 2.05) is 33.8 Å². The van der Waals surface area contributed by atoms with Crippen molar-refractivity contribution in [2.45, 2.75) is 46.9 Å². The molecule has 11 heteroatoms. The number of aliphatic hydroxyl groups is 1. The normalized spacial score (nSPS) is 16.6. The van der Waals surface area contributed by atoms with Gasteiger partial charge in [-0.15, -0.1) is 11.3 Å². The Hall–Kier alpha value is -2.76. The van der Waals surface area contributed by atoms with E-state index in [2.05, 4.69) is 5.10 Å². The first kappa shape index (κ1) is 22.4. The standard InChI is InChI=1S/C21H27N5O5S/c1-11(2)7-24-20-17(18(28)23(5)21(24)30)16(19(29)26-8-14(27)10-31-26)15(32-20)9-25-13(4)6-12(3)22-25/h6,11,14,27H,7-10H2,1-5H3. The van der Waals surface area contributed by atoms with Crippen LogP contribution < -0.4 is 11.2 Å². The number of thiophene rings is 1. The summed E-state index contributed by atoms with van der Waals surface area (Å²) in [5.74, 6) is -0.345. The van der Waals surface area contributed by atoms with Crippen LogP contribution in [0.3, 0.4) is 0 Å². The molecule has 3 aromatic rings. The summed E-state index contributed by atoms with van der Waals surface area (Å²) in [4.78, 5) is 46.0. The number of amides is 1. The summed E-state index contributed by atoms with van der Waals surface area (Å²) in [6, 6.07) is 1.93. The van der Waals surface area contributed by atoms with Gasteiger partial charge < -0.3 is 5.11 Å². The van der Waals surface area contributed by atoms with Gasteiger partial charge in [-0.3, -0.25) is 28.2 Å². The van der Waals surface area contributed by atoms with Crippen molar-refractivity contribution in [1.82, 2.24) is 24.0 Å². The second-order valence-corrected chi connectivity index (χ2v) is 9.72. The van der Waals surface area contributed by atoms with Crippen molar-refractivity contribution in [3.63, 3.8) is 0 Å². The topological polar surface area (TPSA) is 112 Å². The number of nitrogens with zero attached hydrogens (tertiary/aromatic N) is 5. The highest BCUT2D eigenvalue weighted by molar-refractivity contribution is 7.19. The van der Waals surface area contributed by atoms with Gasteiger partial charge in [0.1, 0.15) is 17.5 Å². The number of fused-ring (bicyclic) bond motifs is 1. The molecule has 0 bridgehead atoms. The number of hydroxylamine groups is 2. The lowest BCUT2D eigenvalue weighted by Gasteiger charge is -2.15. The summed E-state index contributed by atoms with van der Waals surface area (Å²) in [5, 5.41) is 15.6. The third kappa shape index (κ3) is 3.80. The summed E-state index contributed by atoms with van der Waals surface area (Å²) in [6.45, 7) is 8.49. The van der Waals surface area contributed by atoms with Crippen molar-refractivity contribution >= 4 is 27.5 Å². The van der Waals surface area contributed by atoms with Crippen molar-refractivity contribution in [1.29, 1.82) is 0 Å². The van der Waals surface area contributed by atoms with Crippen LogP contribution in [-0.4, -0.2) is 54.2 Å². The highest BCUT2D eigenvalue weighted by Crippen LogP contribution is 2.32. The average Bonchev–Trinajstić information content (AvgIpc) is 3.40. The maximum absolute atomic E-state index is 13.5. The molecule has 4 rings (SSSR count). The summed E-state index contributed by atoms with van der Waals surface area (Å²) in [5.41, 5.74) is 1.02. The van der Waals surface area contributed by atoms with Gasteiger partial charge in [-0.25, -0.2) is 9.86 Å². The second kappa shape index (κ2) is 8.30. The molecule has 10 nitrogen and oxygen atoms in total. The van der Waals surface area contributed by atoms with Gasteiger partial charge in [0.25, 0.3) is 11.5 Å². The van der Waals surface area contributed by atoms with Gasteiger partial charge in [-0.1, -0.05) is 13.8 Å². The maximum Gasteiger partial charge on any atom is 0.331 e. The first-order chi connectivity index (χ1) is 15.1. The second-order valence-electron chi connectivity index (χ2n) is 8.63. The molecule has 1 saturated heterocycles. The van der Waals surface area contributed by atoms with Crippen molar-refractivity contribution < 1.29 is 14.7 Å². The van der Waals surface area contributed by atoms with Crippen molar-refractivity contribution in [2.75, 3.05) is 13.2 Å². The predicted octanol–water partition coefficient (Wildman–Crippen LogP) is 1.03. The van der Waals surface area contributed by atoms with Crippen LogP contribution in [0.15, 0.2) is 15.7 Å². The van der Waals surface area contributed by atoms with Gasteiger partial charge in [0.05, 0.1) is 29.7 Å². The molecule has 1 aliphatic rings. The molecule has 1 atom stereocenters. The Morgan fingerprint density at radius 2 is 2.06 bits per heavy atom. The molecule has 1 N–H and O–H groups in total. The zero-order valence-corrected chi connectivity index (χ0v) is 19.6. The molecule has 0 spiro atoms. The first-order valence-corrected chi connectivity index (χ1v) is 11.3. The average molecular weight is 462 g/mol. The van der Waals surface area contributed by atoms with E-state index in [-0.39, 0.29) is 36.6 Å². The molecular weight excluding hydrogens is 434 g/mol. The Labute approximate surface area is 188 Å². The summed E-state index contributed by atoms with van der Waals surface area (Å²) in [6.07, 6.45) is -0.787. The van der Waals surface area contributed by atoms with E-state index in [1.54, 1.807) is 9.25 Å². The number of hydrogen-bond donors (Lipinski definition) is 1. The van der Waals surface area contributed by atoms with Crippen LogP contribution in [0, 0.1) is 19.8 Å². The monoisotopic (exact) mass is 461 g/mol. The molecule has 1 amide bonds. The molecule has 0 saturated carbocycles. The summed E-state index contributed by atoms with van der Waals surface area (Å²) >= 11 is 1.25. The highest BCUT2D eigenvalue weighted by atomic mass is 32.1. The third-order valence-corrected chi connectivity index (χ3v) is 6.63. The van der Waals surface area contributed by atoms with Gasteiger partial charge in [0.15, 0.2) is 0 Å². The van der Waals surface area contributed by atoms with Crippen molar-refractivity contribution in [3.05, 3.63) is 48.7 Å². The summed E-state index contributed by atoms with van der Waals surface area (Å²) in [7, 11) is 1.42. The Morgan fingerprint density at radius 1 is 1.34 bits per heavy atom. The van der Waals surface area contributed by atoms with Gasteiger partial charge in [-0.2, -0.15) is 5.10 Å². The van der Waals surface area contributed by atoms with E-state index >= 15 is 0 Å². The van der Waals surface area contributed by atoms with Gasteiger partial charge in [-0.05, 0) is 25.8 Å². The van der Waals surface area contributed by atoms with Crippen LogP contribution in [0.5, 0.6) is 0 Å². The largest absolute Gasteiger partial charge is 0.389 e. The van der Waals surface area contributed by atoms with Gasteiger partial charge >= 0.3 is 5.69 Å². The fourth-order valence-electron chi connectivity index (χ4n) is 3.95. The number of carbonyl (C=O) groups excluding carboxylic acids is 1. The van der Waals surface area contributed by atoms with Crippen molar-refractivity contribution in [3.8, 4) is 0 Å². The minimum Gasteiger partial charge on any atom is -0.389 e. The van der Waals surface area contributed by atoms with E-state index in [4.69, 9.17) is 4.84 Å². The smallest absolute Gasteiger partial charge is 0.331 e. The Kier molecular flexibility index (Phi) is 5.82. The lowest BCUT2D eigenvalue weighted by molar-refractivity contribution is -0.0779. The lowest BCUT2D eigenvalue weighted by atomic mass is 10.1. The minimum absolute atomic E-state index is 0.0106. The van der Waals surface area contributed by atoms with Crippen LogP contribution in [0.1, 0.15) is 40.5 Å². The van der Waals surface area contributed by atoms with Crippen molar-refractivity contribution in [2.24, 2.45) is 13.0 Å². The molecule has 3 aromatic heterocycles. The van der Waals surface area contributed by atoms with E-state index in [0.29, 0.717) is 16.3 Å². The molecule has 1 aliphatic heterocycles. The van der Waals surface area contributed by atoms with E-state index in [1.165, 1.54) is 18.4 Å². The third-order valence-electron chi connectivity index (χ3n) is 5.43. The Balaban J connectivity index is 1.99. The minimum atomic E-state index is -0.787. The molecule has 32 heavy (non-hydrogen) atoms. The fraction of sp³-hybridized carbons (Fsp3) is 0.524. The van der Waals surface area contributed by atoms with E-state index in [9.17, 15) is 19.5 Å². The highest BCUT2D eigenvalue weighted by Gasteiger charge is 2.33. The quantitative estimate of drug-likeness (QED) is 0.607. The number of hydrogen-bond acceptors (Lipinski definition) is 7. The number of carbonyl (C=O) groups is 1. The molecule has 0 aliphatic carbocycles. The van der Waals surface area contributed by atoms with Crippen LogP contribution in [0.4, 0.5) is 0 Å². The predicted molar refractivity (Wildman–Crippen MR) is 120 cm³/mol. The molecule has 0 radical (unpaired) electrons. The van der Waals surface area contributed by atoms with Crippen LogP contribution >= 0.6 is 11.3 Å².